The van der Waals surface area contributed by atoms with Crippen molar-refractivity contribution >= 4 is 35.5 Å². The second-order valence-corrected chi connectivity index (χ2v) is 6.62. The molecule has 2 heterocycles. The molecule has 2 saturated heterocycles. The molecule has 0 spiro atoms. The van der Waals surface area contributed by atoms with Crippen LogP contribution in [0, 0.1) is 0 Å². The fourth-order valence-electron chi connectivity index (χ4n) is 2.94. The van der Waals surface area contributed by atoms with Crippen molar-refractivity contribution in [1.29, 1.82) is 0 Å². The molecule has 3 N–H and O–H groups in total. The number of thioether (sulfide) groups is 1. The molecule has 8 nitrogen and oxygen atoms in total. The van der Waals surface area contributed by atoms with Gasteiger partial charge in [0.05, 0.1) is 6.04 Å². The lowest BCUT2D eigenvalue weighted by atomic mass is 9.93. The Morgan fingerprint density at radius 3 is 2.46 bits per heavy atom. The minimum Gasteiger partial charge on any atom is -0.480 e. The van der Waals surface area contributed by atoms with E-state index in [1.165, 1.54) is 17.0 Å². The summed E-state index contributed by atoms with van der Waals surface area (Å²) >= 11 is 1.11. The third-order valence-corrected chi connectivity index (χ3v) is 5.37. The highest BCUT2D eigenvalue weighted by molar-refractivity contribution is 8.00. The van der Waals surface area contributed by atoms with Gasteiger partial charge in [0.25, 0.3) is 0 Å². The van der Waals surface area contributed by atoms with Gasteiger partial charge in [-0.25, -0.2) is 4.79 Å². The highest BCUT2D eigenvalue weighted by Gasteiger charge is 2.57. The number of benzene rings is 1. The largest absolute Gasteiger partial charge is 0.480 e. The van der Waals surface area contributed by atoms with Gasteiger partial charge in [-0.3, -0.25) is 14.4 Å². The highest BCUT2D eigenvalue weighted by Crippen LogP contribution is 2.38. The van der Waals surface area contributed by atoms with Crippen LogP contribution in [-0.4, -0.2) is 62.1 Å². The Balaban J connectivity index is 1.72. The minimum absolute atomic E-state index is 0.315. The van der Waals surface area contributed by atoms with Crippen molar-refractivity contribution in [2.45, 2.75) is 23.4 Å². The monoisotopic (exact) mass is 350 g/mol. The summed E-state index contributed by atoms with van der Waals surface area (Å²) in [6, 6.07) is 6.71. The molecule has 2 aliphatic heterocycles. The Bertz CT molecular complexity index is 709. The average Bonchev–Trinajstić information content (AvgIpc) is 2.94. The van der Waals surface area contributed by atoms with Gasteiger partial charge in [0.2, 0.25) is 11.8 Å². The molecule has 0 aliphatic carbocycles. The fraction of sp³-hybridized carbons (Fsp3) is 0.333. The number of β-lactam (4-membered cyclic amide) rings is 1. The third-order valence-electron chi connectivity index (χ3n) is 4.09. The summed E-state index contributed by atoms with van der Waals surface area (Å²) < 4.78 is 0. The van der Waals surface area contributed by atoms with Crippen LogP contribution < -0.4 is 5.32 Å². The van der Waals surface area contributed by atoms with Crippen LogP contribution in [0.2, 0.25) is 0 Å². The van der Waals surface area contributed by atoms with E-state index in [-0.39, 0.29) is 0 Å². The zero-order valence-corrected chi connectivity index (χ0v) is 13.1. The molecular formula is C15H14N2O6S. The molecule has 2 fully saturated rings. The van der Waals surface area contributed by atoms with Crippen molar-refractivity contribution in [3.05, 3.63) is 35.9 Å². The van der Waals surface area contributed by atoms with Gasteiger partial charge in [-0.1, -0.05) is 30.3 Å². The molecule has 126 valence electrons. The summed E-state index contributed by atoms with van der Waals surface area (Å²) in [5.41, 5.74) is 0.315. The number of hydrogen-bond donors (Lipinski definition) is 3. The van der Waals surface area contributed by atoms with Gasteiger partial charge in [-0.15, -0.1) is 11.8 Å². The number of carboxylic acid groups (broad SMARTS) is 2. The van der Waals surface area contributed by atoms with Crippen LogP contribution in [0.15, 0.2) is 30.3 Å². The molecule has 9 heteroatoms. The summed E-state index contributed by atoms with van der Waals surface area (Å²) in [7, 11) is 0. The van der Waals surface area contributed by atoms with Gasteiger partial charge >= 0.3 is 11.9 Å². The molecule has 0 bridgehead atoms. The van der Waals surface area contributed by atoms with E-state index in [0.29, 0.717) is 11.3 Å². The first-order valence-corrected chi connectivity index (χ1v) is 8.21. The van der Waals surface area contributed by atoms with E-state index in [4.69, 9.17) is 5.11 Å². The quantitative estimate of drug-likeness (QED) is 0.492. The standard InChI is InChI=1S/C15H14N2O6S/c18-11(9(14(20)21)7-4-2-1-3-5-7)16-10-8-6-24-13(15(22)23)17(8)12(10)19/h1-5,8-10,13H,6H2,(H,16,18)(H,20,21)(H,22,23)/t8?,9?,10-,13?/m0/s1. The van der Waals surface area contributed by atoms with E-state index in [1.54, 1.807) is 18.2 Å². The summed E-state index contributed by atoms with van der Waals surface area (Å²) in [4.78, 5) is 48.2. The van der Waals surface area contributed by atoms with E-state index in [0.717, 1.165) is 11.8 Å². The Hall–Kier alpha value is -2.55. The van der Waals surface area contributed by atoms with Crippen LogP contribution in [0.1, 0.15) is 11.5 Å². The van der Waals surface area contributed by atoms with Gasteiger partial charge in [-0.2, -0.15) is 0 Å². The molecule has 0 saturated carbocycles. The van der Waals surface area contributed by atoms with Crippen LogP contribution in [0.5, 0.6) is 0 Å². The Morgan fingerprint density at radius 1 is 1.21 bits per heavy atom. The van der Waals surface area contributed by atoms with E-state index >= 15 is 0 Å². The fourth-order valence-corrected chi connectivity index (χ4v) is 4.24. The van der Waals surface area contributed by atoms with Crippen molar-refractivity contribution in [1.82, 2.24) is 10.2 Å². The molecule has 3 unspecified atom stereocenters. The molecule has 1 aromatic rings. The van der Waals surface area contributed by atoms with Crippen molar-refractivity contribution < 1.29 is 29.4 Å². The molecule has 4 atom stereocenters. The van der Waals surface area contributed by atoms with Crippen molar-refractivity contribution in [2.75, 3.05) is 5.75 Å². The third kappa shape index (κ3) is 2.60. The van der Waals surface area contributed by atoms with Crippen molar-refractivity contribution in [3.63, 3.8) is 0 Å². The molecule has 2 aliphatic rings. The van der Waals surface area contributed by atoms with Crippen LogP contribution in [-0.2, 0) is 19.2 Å². The number of nitrogens with one attached hydrogen (secondary N) is 1. The van der Waals surface area contributed by atoms with Gasteiger partial charge in [0, 0.05) is 5.75 Å². The van der Waals surface area contributed by atoms with E-state index in [9.17, 15) is 24.3 Å². The van der Waals surface area contributed by atoms with Gasteiger partial charge in [0.15, 0.2) is 11.3 Å². The van der Waals surface area contributed by atoms with E-state index in [1.807, 2.05) is 0 Å². The molecule has 2 amide bonds. The summed E-state index contributed by atoms with van der Waals surface area (Å²) in [5.74, 6) is -4.73. The Kier molecular flexibility index (Phi) is 4.18. The number of nitrogens with zero attached hydrogens (tertiary/aromatic N) is 1. The smallest absolute Gasteiger partial charge is 0.337 e. The Labute approximate surface area is 140 Å². The van der Waals surface area contributed by atoms with Crippen LogP contribution in [0.4, 0.5) is 0 Å². The number of hydrogen-bond acceptors (Lipinski definition) is 5. The van der Waals surface area contributed by atoms with Gasteiger partial charge in [-0.05, 0) is 5.56 Å². The highest BCUT2D eigenvalue weighted by atomic mass is 32.2. The number of carboxylic acids is 2. The average molecular weight is 350 g/mol. The molecule has 3 rings (SSSR count). The van der Waals surface area contributed by atoms with Crippen LogP contribution in [0.25, 0.3) is 0 Å². The van der Waals surface area contributed by atoms with Crippen molar-refractivity contribution in [3.8, 4) is 0 Å². The lowest BCUT2D eigenvalue weighted by Gasteiger charge is -2.43. The maximum Gasteiger partial charge on any atom is 0.337 e. The molecule has 0 aromatic heterocycles. The second-order valence-electron chi connectivity index (χ2n) is 5.50. The topological polar surface area (TPSA) is 124 Å². The zero-order chi connectivity index (χ0) is 17.4. The molecule has 24 heavy (non-hydrogen) atoms. The number of fused-ring (bicyclic) bond motifs is 1. The number of rotatable bonds is 5. The van der Waals surface area contributed by atoms with E-state index in [2.05, 4.69) is 5.32 Å². The lowest BCUT2D eigenvalue weighted by molar-refractivity contribution is -0.159. The molecular weight excluding hydrogens is 336 g/mol. The van der Waals surface area contributed by atoms with Gasteiger partial charge in [0.1, 0.15) is 6.04 Å². The maximum atomic E-state index is 12.4. The molecule has 0 radical (unpaired) electrons. The second kappa shape index (κ2) is 6.16. The first kappa shape index (κ1) is 16.3. The number of amides is 2. The number of carbonyl (C=O) groups excluding carboxylic acids is 2. The maximum absolute atomic E-state index is 12.4. The van der Waals surface area contributed by atoms with E-state index < -0.39 is 47.1 Å². The predicted octanol–water partition coefficient (Wildman–Crippen LogP) is -0.292. The number of aliphatic carboxylic acids is 2. The summed E-state index contributed by atoms with van der Waals surface area (Å²) in [6.45, 7) is 0. The minimum atomic E-state index is -1.42. The SMILES string of the molecule is O=C(O)C(C(=O)N[C@@H]1C(=O)N2C(C(=O)O)SCC12)c1ccccc1. The van der Waals surface area contributed by atoms with Crippen LogP contribution >= 0.6 is 11.8 Å². The zero-order valence-electron chi connectivity index (χ0n) is 12.3. The summed E-state index contributed by atoms with van der Waals surface area (Å²) in [5, 5.41) is 19.9. The molecule has 1 aromatic carbocycles. The van der Waals surface area contributed by atoms with Gasteiger partial charge < -0.3 is 20.4 Å². The number of carbonyl (C=O) groups is 4. The van der Waals surface area contributed by atoms with Crippen LogP contribution in [0.3, 0.4) is 0 Å². The Morgan fingerprint density at radius 2 is 1.88 bits per heavy atom. The predicted molar refractivity (Wildman–Crippen MR) is 83.3 cm³/mol. The first-order chi connectivity index (χ1) is 11.4. The lowest BCUT2D eigenvalue weighted by Crippen LogP contribution is -2.71. The first-order valence-electron chi connectivity index (χ1n) is 7.16. The summed E-state index contributed by atoms with van der Waals surface area (Å²) in [6.07, 6.45) is 0. The van der Waals surface area contributed by atoms with Crippen molar-refractivity contribution in [2.24, 2.45) is 0 Å². The normalized spacial score (nSPS) is 26.2.